The van der Waals surface area contributed by atoms with E-state index in [0.717, 1.165) is 18.8 Å². The van der Waals surface area contributed by atoms with Crippen LogP contribution in [0.2, 0.25) is 0 Å². The van der Waals surface area contributed by atoms with Gasteiger partial charge < -0.3 is 15.5 Å². The van der Waals surface area contributed by atoms with Gasteiger partial charge in [-0.05, 0) is 61.6 Å². The van der Waals surface area contributed by atoms with E-state index in [2.05, 4.69) is 50.0 Å². The number of amides is 1. The lowest BCUT2D eigenvalue weighted by atomic mass is 10.1. The Bertz CT molecular complexity index is 706. The molecule has 0 bridgehead atoms. The maximum atomic E-state index is 11.8. The van der Waals surface area contributed by atoms with Crippen LogP contribution in [0.15, 0.2) is 36.4 Å². The highest BCUT2D eigenvalue weighted by Crippen LogP contribution is 2.23. The van der Waals surface area contributed by atoms with E-state index in [9.17, 15) is 4.79 Å². The highest BCUT2D eigenvalue weighted by molar-refractivity contribution is 5.89. The Hall–Kier alpha value is -2.63. The van der Waals surface area contributed by atoms with Crippen molar-refractivity contribution >= 4 is 28.9 Å². The fourth-order valence-corrected chi connectivity index (χ4v) is 3.09. The van der Waals surface area contributed by atoms with Crippen molar-refractivity contribution in [1.82, 2.24) is 10.2 Å². The monoisotopic (exact) mass is 353 g/mol. The van der Waals surface area contributed by atoms with E-state index >= 15 is 0 Å². The molecule has 2 N–H and O–H groups in total. The Morgan fingerprint density at radius 3 is 2.27 bits per heavy atom. The second-order valence-corrected chi connectivity index (χ2v) is 7.17. The summed E-state index contributed by atoms with van der Waals surface area (Å²) in [6.45, 7) is 6.30. The number of rotatable bonds is 6. The van der Waals surface area contributed by atoms with E-state index in [4.69, 9.17) is 0 Å². The van der Waals surface area contributed by atoms with Crippen molar-refractivity contribution in [2.75, 3.05) is 28.6 Å². The largest absolute Gasteiger partial charge is 0.372 e. The minimum Gasteiger partial charge on any atom is -0.372 e. The lowest BCUT2D eigenvalue weighted by molar-refractivity contribution is -0.116. The molecule has 1 aromatic heterocycles. The fraction of sp³-hybridized carbons (Fsp3) is 0.450. The van der Waals surface area contributed by atoms with Gasteiger partial charge in [0, 0.05) is 30.9 Å². The number of anilines is 4. The van der Waals surface area contributed by atoms with Crippen molar-refractivity contribution in [1.29, 1.82) is 0 Å². The van der Waals surface area contributed by atoms with Gasteiger partial charge in [0.05, 0.1) is 0 Å². The molecule has 0 spiro atoms. The van der Waals surface area contributed by atoms with E-state index in [1.165, 1.54) is 24.9 Å². The third-order valence-corrected chi connectivity index (χ3v) is 4.39. The van der Waals surface area contributed by atoms with E-state index in [-0.39, 0.29) is 5.91 Å². The lowest BCUT2D eigenvalue weighted by Crippen LogP contribution is -2.29. The number of carbonyl (C=O) groups is 1. The summed E-state index contributed by atoms with van der Waals surface area (Å²) in [7, 11) is 0. The van der Waals surface area contributed by atoms with Crippen LogP contribution in [-0.4, -0.2) is 29.2 Å². The Morgan fingerprint density at radius 1 is 1.00 bits per heavy atom. The van der Waals surface area contributed by atoms with Gasteiger partial charge in [-0.3, -0.25) is 4.79 Å². The predicted octanol–water partition coefficient (Wildman–Crippen LogP) is 4.20. The van der Waals surface area contributed by atoms with Gasteiger partial charge in [-0.25, -0.2) is 0 Å². The normalized spacial score (nSPS) is 14.3. The highest BCUT2D eigenvalue weighted by Gasteiger charge is 2.11. The van der Waals surface area contributed by atoms with E-state index in [1.807, 2.05) is 19.9 Å². The summed E-state index contributed by atoms with van der Waals surface area (Å²) in [5, 5.41) is 14.2. The Morgan fingerprint density at radius 2 is 1.65 bits per heavy atom. The summed E-state index contributed by atoms with van der Waals surface area (Å²) in [5.41, 5.74) is 2.24. The summed E-state index contributed by atoms with van der Waals surface area (Å²) in [6, 6.07) is 12.0. The molecule has 1 aromatic carbocycles. The summed E-state index contributed by atoms with van der Waals surface area (Å²) in [5.74, 6) is 1.40. The van der Waals surface area contributed by atoms with Crippen molar-refractivity contribution in [2.24, 2.45) is 5.92 Å². The van der Waals surface area contributed by atoms with E-state index in [0.29, 0.717) is 24.0 Å². The molecule has 1 saturated heterocycles. The maximum absolute atomic E-state index is 11.8. The first kappa shape index (κ1) is 18.2. The molecule has 138 valence electrons. The van der Waals surface area contributed by atoms with Crippen molar-refractivity contribution in [3.05, 3.63) is 36.4 Å². The second kappa shape index (κ2) is 8.65. The van der Waals surface area contributed by atoms with Crippen molar-refractivity contribution in [3.63, 3.8) is 0 Å². The minimum absolute atomic E-state index is 0.0386. The number of hydrogen-bond donors (Lipinski definition) is 2. The molecule has 2 heterocycles. The van der Waals surface area contributed by atoms with E-state index < -0.39 is 0 Å². The van der Waals surface area contributed by atoms with Gasteiger partial charge in [-0.2, -0.15) is 0 Å². The molecule has 1 fully saturated rings. The predicted molar refractivity (Wildman–Crippen MR) is 106 cm³/mol. The fourth-order valence-electron chi connectivity index (χ4n) is 3.09. The van der Waals surface area contributed by atoms with Crippen molar-refractivity contribution in [2.45, 2.75) is 39.5 Å². The van der Waals surface area contributed by atoms with Gasteiger partial charge in [-0.15, -0.1) is 10.2 Å². The molecule has 6 nitrogen and oxygen atoms in total. The van der Waals surface area contributed by atoms with Crippen LogP contribution >= 0.6 is 0 Å². The second-order valence-electron chi connectivity index (χ2n) is 7.17. The molecular weight excluding hydrogens is 326 g/mol. The molecule has 26 heavy (non-hydrogen) atoms. The van der Waals surface area contributed by atoms with E-state index in [1.54, 1.807) is 6.07 Å². The quantitative estimate of drug-likeness (QED) is 0.815. The number of carbonyl (C=O) groups excluding carboxylic acids is 1. The zero-order valence-corrected chi connectivity index (χ0v) is 15.5. The van der Waals surface area contributed by atoms with Gasteiger partial charge in [0.15, 0.2) is 11.6 Å². The lowest BCUT2D eigenvalue weighted by Gasteiger charge is -2.28. The van der Waals surface area contributed by atoms with Gasteiger partial charge in [0.1, 0.15) is 0 Å². The molecule has 0 radical (unpaired) electrons. The zero-order chi connectivity index (χ0) is 18.4. The van der Waals surface area contributed by atoms with Gasteiger partial charge in [0.2, 0.25) is 5.91 Å². The average molecular weight is 353 g/mol. The topological polar surface area (TPSA) is 70.2 Å². The molecule has 6 heteroatoms. The molecule has 1 amide bonds. The van der Waals surface area contributed by atoms with Crippen molar-refractivity contribution < 1.29 is 4.79 Å². The summed E-state index contributed by atoms with van der Waals surface area (Å²) < 4.78 is 0. The molecule has 1 aliphatic heterocycles. The van der Waals surface area contributed by atoms with Crippen LogP contribution < -0.4 is 15.5 Å². The van der Waals surface area contributed by atoms with Crippen LogP contribution in [0.3, 0.4) is 0 Å². The van der Waals surface area contributed by atoms with Crippen LogP contribution in [0.4, 0.5) is 23.0 Å². The van der Waals surface area contributed by atoms with Crippen LogP contribution in [0.1, 0.15) is 39.5 Å². The summed E-state index contributed by atoms with van der Waals surface area (Å²) in [4.78, 5) is 14.2. The molecule has 3 rings (SSSR count). The number of piperidine rings is 1. The summed E-state index contributed by atoms with van der Waals surface area (Å²) >= 11 is 0. The van der Waals surface area contributed by atoms with Crippen LogP contribution in [0.5, 0.6) is 0 Å². The third kappa shape index (κ3) is 5.18. The molecule has 0 saturated carbocycles. The Labute approximate surface area is 155 Å². The number of nitrogens with zero attached hydrogens (tertiary/aromatic N) is 3. The minimum atomic E-state index is -0.0386. The van der Waals surface area contributed by atoms with Gasteiger partial charge in [0.25, 0.3) is 0 Å². The molecular formula is C20H27N5O. The van der Waals surface area contributed by atoms with Crippen LogP contribution in [0, 0.1) is 5.92 Å². The Kier molecular flexibility index (Phi) is 6.04. The molecule has 0 aliphatic carbocycles. The highest BCUT2D eigenvalue weighted by atomic mass is 16.1. The third-order valence-electron chi connectivity index (χ3n) is 4.39. The SMILES string of the molecule is CC(C)CC(=O)Nc1ccc(Nc2ccc(N3CCCCC3)cc2)nn1. The summed E-state index contributed by atoms with van der Waals surface area (Å²) in [6.07, 6.45) is 4.36. The van der Waals surface area contributed by atoms with Crippen LogP contribution in [0.25, 0.3) is 0 Å². The van der Waals surface area contributed by atoms with Crippen molar-refractivity contribution in [3.8, 4) is 0 Å². The Balaban J connectivity index is 1.56. The first-order valence-corrected chi connectivity index (χ1v) is 9.36. The zero-order valence-electron chi connectivity index (χ0n) is 15.5. The molecule has 0 unspecified atom stereocenters. The maximum Gasteiger partial charge on any atom is 0.225 e. The van der Waals surface area contributed by atoms with Gasteiger partial charge in [-0.1, -0.05) is 13.8 Å². The standard InChI is InChI=1S/C20H27N5O/c1-15(2)14-20(26)22-19-11-10-18(23-24-19)21-16-6-8-17(9-7-16)25-12-4-3-5-13-25/h6-11,15H,3-5,12-14H2,1-2H3,(H,21,23)(H,22,24,26). The first-order chi connectivity index (χ1) is 12.6. The average Bonchev–Trinajstić information content (AvgIpc) is 2.64. The number of aromatic nitrogens is 2. The molecule has 2 aromatic rings. The number of hydrogen-bond acceptors (Lipinski definition) is 5. The van der Waals surface area contributed by atoms with Gasteiger partial charge >= 0.3 is 0 Å². The van der Waals surface area contributed by atoms with Crippen LogP contribution in [-0.2, 0) is 4.79 Å². The molecule has 1 aliphatic rings. The molecule has 0 atom stereocenters. The first-order valence-electron chi connectivity index (χ1n) is 9.36. The smallest absolute Gasteiger partial charge is 0.225 e. The number of nitrogens with one attached hydrogen (secondary N) is 2. The number of benzene rings is 1.